The van der Waals surface area contributed by atoms with Crippen molar-refractivity contribution in [2.24, 2.45) is 5.92 Å². The average molecular weight is 336 g/mol. The molecule has 0 amide bonds. The molecule has 2 N–H and O–H groups in total. The molecule has 1 aromatic heterocycles. The first-order valence-corrected chi connectivity index (χ1v) is 9.46. The molecular formula is C21H28N4. The summed E-state index contributed by atoms with van der Waals surface area (Å²) in [6, 6.07) is 13.8. The molecule has 0 spiro atoms. The van der Waals surface area contributed by atoms with Crippen LogP contribution in [0.5, 0.6) is 0 Å². The number of hydrazine groups is 1. The monoisotopic (exact) mass is 336 g/mol. The Morgan fingerprint density at radius 3 is 2.68 bits per heavy atom. The lowest BCUT2D eigenvalue weighted by atomic mass is 9.80. The fourth-order valence-electron chi connectivity index (χ4n) is 4.40. The van der Waals surface area contributed by atoms with Gasteiger partial charge in [0.2, 0.25) is 0 Å². The van der Waals surface area contributed by atoms with E-state index >= 15 is 0 Å². The van der Waals surface area contributed by atoms with E-state index in [0.29, 0.717) is 12.0 Å². The fraction of sp³-hybridized carbons (Fsp3) is 0.476. The molecule has 2 atom stereocenters. The maximum atomic E-state index is 4.11. The number of aryl methyl sites for hydroxylation is 1. The van der Waals surface area contributed by atoms with Crippen LogP contribution in [0.25, 0.3) is 0 Å². The molecule has 2 fully saturated rings. The van der Waals surface area contributed by atoms with Gasteiger partial charge in [0.1, 0.15) is 0 Å². The van der Waals surface area contributed by atoms with Crippen LogP contribution < -0.4 is 10.9 Å². The molecule has 4 rings (SSSR count). The molecule has 4 heteroatoms. The number of hydrogen-bond acceptors (Lipinski definition) is 4. The topological polar surface area (TPSA) is 40.2 Å². The number of likely N-dealkylation sites (tertiary alicyclic amines) is 1. The number of aromatic nitrogens is 1. The van der Waals surface area contributed by atoms with Crippen LogP contribution >= 0.6 is 0 Å². The highest BCUT2D eigenvalue weighted by atomic mass is 15.4. The quantitative estimate of drug-likeness (QED) is 0.901. The highest BCUT2D eigenvalue weighted by Gasteiger charge is 2.36. The molecule has 2 unspecified atom stereocenters. The summed E-state index contributed by atoms with van der Waals surface area (Å²) < 4.78 is 0. The summed E-state index contributed by atoms with van der Waals surface area (Å²) in [5.41, 5.74) is 11.2. The predicted molar refractivity (Wildman–Crippen MR) is 101 cm³/mol. The molecule has 2 aliphatic heterocycles. The van der Waals surface area contributed by atoms with Crippen LogP contribution in [0, 0.1) is 12.8 Å². The molecule has 0 saturated carbocycles. The summed E-state index contributed by atoms with van der Waals surface area (Å²) in [5.74, 6) is 1.32. The maximum Gasteiger partial charge on any atom is 0.0323 e. The van der Waals surface area contributed by atoms with Crippen molar-refractivity contribution >= 4 is 0 Å². The lowest BCUT2D eigenvalue weighted by molar-refractivity contribution is 0.152. The summed E-state index contributed by atoms with van der Waals surface area (Å²) in [6.07, 6.45) is 6.32. The molecular weight excluding hydrogens is 308 g/mol. The van der Waals surface area contributed by atoms with Crippen molar-refractivity contribution in [1.29, 1.82) is 0 Å². The van der Waals surface area contributed by atoms with Crippen molar-refractivity contribution in [3.05, 3.63) is 65.5 Å². The van der Waals surface area contributed by atoms with E-state index in [0.717, 1.165) is 19.0 Å². The van der Waals surface area contributed by atoms with Crippen LogP contribution in [-0.2, 0) is 6.54 Å². The van der Waals surface area contributed by atoms with E-state index in [2.05, 4.69) is 64.1 Å². The zero-order chi connectivity index (χ0) is 17.1. The Bertz CT molecular complexity index is 679. The number of rotatable bonds is 4. The summed E-state index contributed by atoms with van der Waals surface area (Å²) in [4.78, 5) is 6.69. The average Bonchev–Trinajstić information content (AvgIpc) is 3.13. The first kappa shape index (κ1) is 16.7. The standard InChI is InChI=1S/C21H28N4/c1-16-3-2-4-19(13-16)20-14-23-24-21(20)18-7-11-25(12-8-18)15-17-5-9-22-10-6-17/h2-6,9-10,13,18,20-21,23-24H,7-8,11-12,14-15H2,1H3. The van der Waals surface area contributed by atoms with Crippen molar-refractivity contribution in [3.8, 4) is 0 Å². The summed E-state index contributed by atoms with van der Waals surface area (Å²) in [6.45, 7) is 6.64. The molecule has 0 bridgehead atoms. The number of nitrogens with one attached hydrogen (secondary N) is 2. The molecule has 1 aromatic carbocycles. The minimum absolute atomic E-state index is 0.546. The minimum Gasteiger partial charge on any atom is -0.299 e. The SMILES string of the molecule is Cc1cccc(C2CNNC2C2CCN(Cc3ccncc3)CC2)c1. The maximum absolute atomic E-state index is 4.11. The second-order valence-corrected chi connectivity index (χ2v) is 7.54. The van der Waals surface area contributed by atoms with Gasteiger partial charge < -0.3 is 0 Å². The van der Waals surface area contributed by atoms with Gasteiger partial charge >= 0.3 is 0 Å². The van der Waals surface area contributed by atoms with E-state index in [4.69, 9.17) is 0 Å². The Morgan fingerprint density at radius 2 is 1.92 bits per heavy atom. The molecule has 0 radical (unpaired) electrons. The van der Waals surface area contributed by atoms with Gasteiger partial charge in [0.15, 0.2) is 0 Å². The van der Waals surface area contributed by atoms with E-state index in [1.54, 1.807) is 0 Å². The molecule has 2 saturated heterocycles. The zero-order valence-corrected chi connectivity index (χ0v) is 15.0. The second kappa shape index (κ2) is 7.65. The van der Waals surface area contributed by atoms with E-state index in [-0.39, 0.29) is 0 Å². The number of hydrogen-bond donors (Lipinski definition) is 2. The van der Waals surface area contributed by atoms with Gasteiger partial charge in [-0.3, -0.25) is 20.7 Å². The summed E-state index contributed by atoms with van der Waals surface area (Å²) >= 11 is 0. The van der Waals surface area contributed by atoms with Crippen molar-refractivity contribution in [1.82, 2.24) is 20.7 Å². The molecule has 4 nitrogen and oxygen atoms in total. The van der Waals surface area contributed by atoms with Gasteiger partial charge in [0.25, 0.3) is 0 Å². The highest BCUT2D eigenvalue weighted by molar-refractivity contribution is 5.28. The Kier molecular flexibility index (Phi) is 5.11. The first-order chi connectivity index (χ1) is 12.3. The number of benzene rings is 1. The fourth-order valence-corrected chi connectivity index (χ4v) is 4.40. The Balaban J connectivity index is 1.37. The van der Waals surface area contributed by atoms with E-state index in [1.807, 2.05) is 12.4 Å². The van der Waals surface area contributed by atoms with Crippen molar-refractivity contribution < 1.29 is 0 Å². The van der Waals surface area contributed by atoms with Crippen LogP contribution in [0.3, 0.4) is 0 Å². The third kappa shape index (κ3) is 3.92. The van der Waals surface area contributed by atoms with Crippen molar-refractivity contribution in [2.75, 3.05) is 19.6 Å². The molecule has 2 aliphatic rings. The second-order valence-electron chi connectivity index (χ2n) is 7.54. The van der Waals surface area contributed by atoms with Gasteiger partial charge in [0, 0.05) is 37.4 Å². The van der Waals surface area contributed by atoms with Crippen LogP contribution in [0.15, 0.2) is 48.8 Å². The van der Waals surface area contributed by atoms with Gasteiger partial charge in [-0.2, -0.15) is 0 Å². The Labute approximate surface area is 150 Å². The van der Waals surface area contributed by atoms with Crippen LogP contribution in [0.1, 0.15) is 35.4 Å². The highest BCUT2D eigenvalue weighted by Crippen LogP contribution is 2.32. The number of pyridine rings is 1. The normalized spacial score (nSPS) is 25.3. The van der Waals surface area contributed by atoms with Gasteiger partial charge in [-0.25, -0.2) is 0 Å². The third-order valence-corrected chi connectivity index (χ3v) is 5.79. The molecule has 25 heavy (non-hydrogen) atoms. The minimum atomic E-state index is 0.546. The first-order valence-electron chi connectivity index (χ1n) is 9.46. The van der Waals surface area contributed by atoms with Gasteiger partial charge in [-0.15, -0.1) is 0 Å². The van der Waals surface area contributed by atoms with Crippen LogP contribution in [-0.4, -0.2) is 35.6 Å². The zero-order valence-electron chi connectivity index (χ0n) is 15.0. The lowest BCUT2D eigenvalue weighted by Gasteiger charge is -2.36. The van der Waals surface area contributed by atoms with Gasteiger partial charge in [-0.1, -0.05) is 29.8 Å². The predicted octanol–water partition coefficient (Wildman–Crippen LogP) is 2.86. The van der Waals surface area contributed by atoms with Gasteiger partial charge in [0.05, 0.1) is 0 Å². The van der Waals surface area contributed by atoms with Crippen molar-refractivity contribution in [2.45, 2.75) is 38.3 Å². The molecule has 0 aliphatic carbocycles. The number of nitrogens with zero attached hydrogens (tertiary/aromatic N) is 2. The van der Waals surface area contributed by atoms with Gasteiger partial charge in [-0.05, 0) is 62.0 Å². The summed E-state index contributed by atoms with van der Waals surface area (Å²) in [7, 11) is 0. The van der Waals surface area contributed by atoms with E-state index in [1.165, 1.54) is 42.6 Å². The number of piperidine rings is 1. The summed E-state index contributed by atoms with van der Waals surface area (Å²) in [5, 5.41) is 0. The van der Waals surface area contributed by atoms with Crippen LogP contribution in [0.4, 0.5) is 0 Å². The van der Waals surface area contributed by atoms with E-state index < -0.39 is 0 Å². The Hall–Kier alpha value is -1.75. The van der Waals surface area contributed by atoms with Crippen LogP contribution in [0.2, 0.25) is 0 Å². The lowest BCUT2D eigenvalue weighted by Crippen LogP contribution is -2.44. The molecule has 132 valence electrons. The molecule has 3 heterocycles. The smallest absolute Gasteiger partial charge is 0.0323 e. The largest absolute Gasteiger partial charge is 0.299 e. The van der Waals surface area contributed by atoms with Crippen molar-refractivity contribution in [3.63, 3.8) is 0 Å². The van der Waals surface area contributed by atoms with E-state index in [9.17, 15) is 0 Å². The Morgan fingerprint density at radius 1 is 1.12 bits per heavy atom. The molecule has 2 aromatic rings. The third-order valence-electron chi connectivity index (χ3n) is 5.79.